The minimum absolute atomic E-state index is 0.438. The molecule has 0 aliphatic carbocycles. The molecule has 4 heteroatoms. The summed E-state index contributed by atoms with van der Waals surface area (Å²) in [5.41, 5.74) is 0.555. The molecule has 0 bridgehead atoms. The van der Waals surface area contributed by atoms with E-state index in [0.717, 1.165) is 32.0 Å². The molecule has 1 fully saturated rings. The lowest BCUT2D eigenvalue weighted by Crippen LogP contribution is -2.43. The molecule has 1 aromatic carbocycles. The number of hydrogen-bond acceptors (Lipinski definition) is 2. The Kier molecular flexibility index (Phi) is 4.07. The van der Waals surface area contributed by atoms with E-state index in [9.17, 15) is 8.78 Å². The van der Waals surface area contributed by atoms with Crippen molar-refractivity contribution in [2.24, 2.45) is 0 Å². The maximum Gasteiger partial charge on any atom is 0.130 e. The number of hydrogen-bond donors (Lipinski definition) is 1. The molecule has 1 atom stereocenters. The first-order valence-corrected chi connectivity index (χ1v) is 6.01. The predicted octanol–water partition coefficient (Wildman–Crippen LogP) is 2.15. The Balaban J connectivity index is 1.99. The van der Waals surface area contributed by atoms with Crippen LogP contribution in [0.25, 0.3) is 0 Å². The second kappa shape index (κ2) is 5.56. The number of likely N-dealkylation sites (N-methyl/N-ethyl adjacent to an activating group) is 1. The van der Waals surface area contributed by atoms with Crippen LogP contribution in [0.15, 0.2) is 18.2 Å². The number of nitrogens with one attached hydrogen (secondary N) is 1. The number of halogens is 2. The zero-order valence-corrected chi connectivity index (χ0v) is 10.0. The third-order valence-electron chi connectivity index (χ3n) is 3.33. The molecule has 1 saturated heterocycles. The van der Waals surface area contributed by atoms with Crippen molar-refractivity contribution < 1.29 is 8.78 Å². The zero-order chi connectivity index (χ0) is 12.3. The molecule has 0 spiro atoms. The van der Waals surface area contributed by atoms with Gasteiger partial charge in [0, 0.05) is 30.8 Å². The third kappa shape index (κ3) is 3.23. The van der Waals surface area contributed by atoms with Gasteiger partial charge in [-0.05, 0) is 32.5 Å². The monoisotopic (exact) mass is 240 g/mol. The molecule has 0 radical (unpaired) electrons. The highest BCUT2D eigenvalue weighted by atomic mass is 19.1. The van der Waals surface area contributed by atoms with Crippen LogP contribution >= 0.6 is 0 Å². The van der Waals surface area contributed by atoms with Gasteiger partial charge in [-0.2, -0.15) is 0 Å². The minimum Gasteiger partial charge on any atom is -0.315 e. The van der Waals surface area contributed by atoms with Gasteiger partial charge in [-0.3, -0.25) is 4.90 Å². The summed E-state index contributed by atoms with van der Waals surface area (Å²) in [5.74, 6) is -0.978. The molecule has 1 heterocycles. The van der Waals surface area contributed by atoms with E-state index in [1.807, 2.05) is 7.05 Å². The molecule has 17 heavy (non-hydrogen) atoms. The minimum atomic E-state index is -0.520. The summed E-state index contributed by atoms with van der Waals surface area (Å²) in [6.07, 6.45) is 2.28. The molecular weight excluding hydrogens is 222 g/mol. The molecule has 1 N–H and O–H groups in total. The molecule has 0 amide bonds. The van der Waals surface area contributed by atoms with E-state index >= 15 is 0 Å². The van der Waals surface area contributed by atoms with E-state index in [2.05, 4.69) is 10.2 Å². The van der Waals surface area contributed by atoms with Crippen LogP contribution in [0.2, 0.25) is 0 Å². The molecular formula is C13H18F2N2. The van der Waals surface area contributed by atoms with Gasteiger partial charge in [0.15, 0.2) is 0 Å². The summed E-state index contributed by atoms with van der Waals surface area (Å²) in [7, 11) is 1.99. The third-order valence-corrected chi connectivity index (χ3v) is 3.33. The van der Waals surface area contributed by atoms with Gasteiger partial charge >= 0.3 is 0 Å². The van der Waals surface area contributed by atoms with E-state index in [1.165, 1.54) is 12.1 Å². The second-order valence-corrected chi connectivity index (χ2v) is 4.65. The van der Waals surface area contributed by atoms with Gasteiger partial charge in [-0.1, -0.05) is 6.07 Å². The maximum absolute atomic E-state index is 13.5. The Morgan fingerprint density at radius 2 is 2.24 bits per heavy atom. The Bertz CT molecular complexity index is 376. The molecule has 2 rings (SSSR count). The molecule has 2 nitrogen and oxygen atoms in total. The second-order valence-electron chi connectivity index (χ2n) is 4.65. The molecule has 0 aromatic heterocycles. The Hall–Kier alpha value is -1.00. The maximum atomic E-state index is 13.5. The lowest BCUT2D eigenvalue weighted by molar-refractivity contribution is 0.194. The number of nitrogens with zero attached hydrogens (tertiary/aromatic N) is 1. The first-order chi connectivity index (χ1) is 8.16. The van der Waals surface area contributed by atoms with Crippen LogP contribution < -0.4 is 5.32 Å². The van der Waals surface area contributed by atoms with Gasteiger partial charge in [0.05, 0.1) is 0 Å². The van der Waals surface area contributed by atoms with Gasteiger partial charge in [-0.25, -0.2) is 8.78 Å². The Labute approximate surface area is 101 Å². The van der Waals surface area contributed by atoms with Gasteiger partial charge in [-0.15, -0.1) is 0 Å². The van der Waals surface area contributed by atoms with E-state index in [0.29, 0.717) is 18.2 Å². The number of rotatable bonds is 3. The molecule has 0 saturated carbocycles. The van der Waals surface area contributed by atoms with Crippen molar-refractivity contribution in [1.29, 1.82) is 0 Å². The van der Waals surface area contributed by atoms with Crippen molar-refractivity contribution in [1.82, 2.24) is 10.2 Å². The van der Waals surface area contributed by atoms with Gasteiger partial charge < -0.3 is 5.32 Å². The van der Waals surface area contributed by atoms with Crippen molar-refractivity contribution in [2.75, 3.05) is 20.1 Å². The fourth-order valence-electron chi connectivity index (χ4n) is 2.26. The quantitative estimate of drug-likeness (QED) is 0.871. The first kappa shape index (κ1) is 12.5. The standard InChI is InChI=1S/C13H18F2N2/c1-17(12-3-2-6-16-8-12)9-10-4-5-11(14)7-13(10)15/h4-5,7,12,16H,2-3,6,8-9H2,1H3. The van der Waals surface area contributed by atoms with E-state index < -0.39 is 11.6 Å². The molecule has 1 aliphatic heterocycles. The number of benzene rings is 1. The highest BCUT2D eigenvalue weighted by Crippen LogP contribution is 2.15. The van der Waals surface area contributed by atoms with E-state index in [1.54, 1.807) is 0 Å². The largest absolute Gasteiger partial charge is 0.315 e. The normalized spacial score (nSPS) is 20.8. The van der Waals surface area contributed by atoms with Crippen LogP contribution in [0, 0.1) is 11.6 Å². The van der Waals surface area contributed by atoms with Crippen molar-refractivity contribution in [3.8, 4) is 0 Å². The van der Waals surface area contributed by atoms with Crippen molar-refractivity contribution in [2.45, 2.75) is 25.4 Å². The molecule has 1 unspecified atom stereocenters. The lowest BCUT2D eigenvalue weighted by atomic mass is 10.1. The van der Waals surface area contributed by atoms with Crippen molar-refractivity contribution >= 4 is 0 Å². The Morgan fingerprint density at radius 3 is 2.88 bits per heavy atom. The van der Waals surface area contributed by atoms with Gasteiger partial charge in [0.2, 0.25) is 0 Å². The predicted molar refractivity (Wildman–Crippen MR) is 63.7 cm³/mol. The van der Waals surface area contributed by atoms with Gasteiger partial charge in [0.25, 0.3) is 0 Å². The smallest absolute Gasteiger partial charge is 0.130 e. The average molecular weight is 240 g/mol. The SMILES string of the molecule is CN(Cc1ccc(F)cc1F)C1CCCNC1. The first-order valence-electron chi connectivity index (χ1n) is 6.01. The van der Waals surface area contributed by atoms with Gasteiger partial charge in [0.1, 0.15) is 11.6 Å². The summed E-state index contributed by atoms with van der Waals surface area (Å²) in [6, 6.07) is 4.22. The molecule has 1 aromatic rings. The number of piperidine rings is 1. The lowest BCUT2D eigenvalue weighted by Gasteiger charge is -2.31. The summed E-state index contributed by atoms with van der Waals surface area (Å²) in [4.78, 5) is 2.13. The average Bonchev–Trinajstić information content (AvgIpc) is 2.34. The summed E-state index contributed by atoms with van der Waals surface area (Å²) in [5, 5.41) is 3.33. The van der Waals surface area contributed by atoms with Crippen molar-refractivity contribution in [3.63, 3.8) is 0 Å². The fourth-order valence-corrected chi connectivity index (χ4v) is 2.26. The van der Waals surface area contributed by atoms with E-state index in [-0.39, 0.29) is 0 Å². The topological polar surface area (TPSA) is 15.3 Å². The van der Waals surface area contributed by atoms with Crippen LogP contribution in [0.3, 0.4) is 0 Å². The highest BCUT2D eigenvalue weighted by molar-refractivity contribution is 5.18. The van der Waals surface area contributed by atoms with Crippen LogP contribution in [0.1, 0.15) is 18.4 Å². The molecule has 1 aliphatic rings. The van der Waals surface area contributed by atoms with Crippen LogP contribution in [0.4, 0.5) is 8.78 Å². The fraction of sp³-hybridized carbons (Fsp3) is 0.538. The summed E-state index contributed by atoms with van der Waals surface area (Å²) < 4.78 is 26.3. The van der Waals surface area contributed by atoms with Crippen LogP contribution in [-0.2, 0) is 6.54 Å². The highest BCUT2D eigenvalue weighted by Gasteiger charge is 2.18. The summed E-state index contributed by atoms with van der Waals surface area (Å²) >= 11 is 0. The zero-order valence-electron chi connectivity index (χ0n) is 10.0. The Morgan fingerprint density at radius 1 is 1.41 bits per heavy atom. The molecule has 94 valence electrons. The van der Waals surface area contributed by atoms with E-state index in [4.69, 9.17) is 0 Å². The van der Waals surface area contributed by atoms with Crippen LogP contribution in [0.5, 0.6) is 0 Å². The summed E-state index contributed by atoms with van der Waals surface area (Å²) in [6.45, 7) is 2.53. The van der Waals surface area contributed by atoms with Crippen LogP contribution in [-0.4, -0.2) is 31.1 Å². The van der Waals surface area contributed by atoms with Crippen molar-refractivity contribution in [3.05, 3.63) is 35.4 Å².